The second-order valence-electron chi connectivity index (χ2n) is 25.6. The minimum Gasteiger partial charge on any atom is -0.135 e. The van der Waals surface area contributed by atoms with Crippen molar-refractivity contribution in [3.63, 3.8) is 0 Å². The van der Waals surface area contributed by atoms with Gasteiger partial charge in [-0.2, -0.15) is 0 Å². The van der Waals surface area contributed by atoms with E-state index in [0.717, 1.165) is 0 Å². The van der Waals surface area contributed by atoms with Gasteiger partial charge in [0.1, 0.15) is 0 Å². The maximum absolute atomic E-state index is 2.50. The van der Waals surface area contributed by atoms with Crippen LogP contribution in [0.15, 0.2) is 315 Å². The fourth-order valence-corrected chi connectivity index (χ4v) is 18.9. The summed E-state index contributed by atoms with van der Waals surface area (Å²) < 4.78 is 5.34. The zero-order chi connectivity index (χ0) is 61.3. The molecular weight excluding hydrogens is 1170 g/mol. The van der Waals surface area contributed by atoms with Gasteiger partial charge in [-0.1, -0.05) is 267 Å². The summed E-state index contributed by atoms with van der Waals surface area (Å²) in [5, 5.41) is 33.0. The first-order chi connectivity index (χ1) is 46.6. The molecule has 0 unspecified atom stereocenters. The highest BCUT2D eigenvalue weighted by Gasteiger charge is 2.22. The maximum Gasteiger partial charge on any atom is 0.0433 e. The third-order valence-corrected chi connectivity index (χ3v) is 23.2. The molecule has 0 aliphatic rings. The zero-order valence-corrected chi connectivity index (χ0v) is 52.5. The first-order valence-electron chi connectivity index (χ1n) is 32.5. The van der Waals surface area contributed by atoms with E-state index >= 15 is 0 Å². The third kappa shape index (κ3) is 7.61. The molecular formula is C92H52S2. The Morgan fingerprint density at radius 3 is 0.777 bits per heavy atom. The smallest absolute Gasteiger partial charge is 0.0433 e. The van der Waals surface area contributed by atoms with Crippen molar-refractivity contribution in [3.05, 3.63) is 315 Å². The zero-order valence-electron chi connectivity index (χ0n) is 50.8. The van der Waals surface area contributed by atoms with Crippen molar-refractivity contribution in [2.24, 2.45) is 0 Å². The lowest BCUT2D eigenvalue weighted by Crippen LogP contribution is -1.91. The van der Waals surface area contributed by atoms with Gasteiger partial charge in [0.25, 0.3) is 0 Å². The molecule has 2 aromatic heterocycles. The molecule has 2 heteroatoms. The minimum absolute atomic E-state index is 1.20. The second-order valence-corrected chi connectivity index (χ2v) is 27.7. The highest BCUT2D eigenvalue weighted by atomic mass is 32.1. The number of hydrogen-bond donors (Lipinski definition) is 0. The lowest BCUT2D eigenvalue weighted by Gasteiger charge is -2.19. The Bertz CT molecular complexity index is 6800. The molecule has 0 saturated carbocycles. The van der Waals surface area contributed by atoms with Crippen LogP contribution in [0.2, 0.25) is 0 Å². The van der Waals surface area contributed by atoms with Crippen LogP contribution >= 0.6 is 22.7 Å². The molecule has 0 spiro atoms. The molecule has 432 valence electrons. The van der Waals surface area contributed by atoms with Crippen molar-refractivity contribution in [1.29, 1.82) is 0 Å². The van der Waals surface area contributed by atoms with Gasteiger partial charge in [-0.15, -0.1) is 22.7 Å². The van der Waals surface area contributed by atoms with E-state index in [0.29, 0.717) is 0 Å². The highest BCUT2D eigenvalue weighted by Crippen LogP contribution is 2.51. The molecule has 19 aromatic carbocycles. The summed E-state index contributed by atoms with van der Waals surface area (Å²) in [7, 11) is 0. The SMILES string of the molecule is c1ccc2c(c1)ccc1c3cc(-c4c5ccccc5c(-c5ccc6ccc7ccc(-c8ccc9c%10ccccc%10c%10ccc(-c%11c%12ccccc%12c(-c%12ccc%13sc%14c%15ccccc%15ccc%14c%13c%12)c%12ccccc%11%12)cc%10c9c8)cc7c6c5)c5ccccc45)ccc3sc21. The molecule has 0 aliphatic carbocycles. The van der Waals surface area contributed by atoms with E-state index in [4.69, 9.17) is 0 Å². The van der Waals surface area contributed by atoms with E-state index < -0.39 is 0 Å². The number of thiophene rings is 2. The molecule has 0 nitrogen and oxygen atoms in total. The largest absolute Gasteiger partial charge is 0.135 e. The summed E-state index contributed by atoms with van der Waals surface area (Å²) in [5.74, 6) is 0. The van der Waals surface area contributed by atoms with E-state index in [2.05, 4.69) is 315 Å². The molecule has 0 fully saturated rings. The second kappa shape index (κ2) is 20.0. The van der Waals surface area contributed by atoms with Crippen LogP contribution < -0.4 is 0 Å². The number of fused-ring (bicyclic) bond motifs is 23. The Morgan fingerprint density at radius 2 is 0.372 bits per heavy atom. The maximum atomic E-state index is 2.50. The molecule has 0 bridgehead atoms. The molecule has 0 atom stereocenters. The summed E-state index contributed by atoms with van der Waals surface area (Å²) in [6, 6.07) is 120. The average molecular weight is 1220 g/mol. The third-order valence-electron chi connectivity index (χ3n) is 20.7. The summed E-state index contributed by atoms with van der Waals surface area (Å²) in [4.78, 5) is 0. The van der Waals surface area contributed by atoms with E-state index in [1.165, 1.54) is 214 Å². The van der Waals surface area contributed by atoms with Gasteiger partial charge in [-0.3, -0.25) is 0 Å². The molecule has 0 aliphatic heterocycles. The van der Waals surface area contributed by atoms with Crippen LogP contribution in [0.25, 0.3) is 214 Å². The Hall–Kier alpha value is -11.5. The fourth-order valence-electron chi connectivity index (χ4n) is 16.5. The molecule has 94 heavy (non-hydrogen) atoms. The van der Waals surface area contributed by atoms with Crippen molar-refractivity contribution >= 4 is 182 Å². The number of benzene rings is 19. The molecule has 0 N–H and O–H groups in total. The minimum atomic E-state index is 1.20. The monoisotopic (exact) mass is 1220 g/mol. The van der Waals surface area contributed by atoms with Crippen molar-refractivity contribution < 1.29 is 0 Å². The van der Waals surface area contributed by atoms with E-state index in [9.17, 15) is 0 Å². The van der Waals surface area contributed by atoms with Crippen LogP contribution in [0.5, 0.6) is 0 Å². The standard InChI is InChI=1S/C92H52S2/c1-3-17-63-53(15-1)35-43-77-83-51-61(39-45-85(83)93-91(63)77)89-73-25-11-7-21-69(73)87(70-22-8-12-26-74(70)89)59-34-32-56-30-29-55-31-33-57(47-79(55)80(56)49-59)58-37-41-67-65-19-5-6-20-66(65)68-42-38-60(50-82(68)81(67)48-58)88-71-23-9-13-27-75(71)90(76-28-14-10-24-72(76)88)62-40-46-86-84(52-62)78-44-36-54-16-2-4-18-64(54)92(78)94-86/h1-52H. The lowest BCUT2D eigenvalue weighted by molar-refractivity contribution is 1.68. The van der Waals surface area contributed by atoms with Crippen molar-refractivity contribution in [2.75, 3.05) is 0 Å². The van der Waals surface area contributed by atoms with Gasteiger partial charge in [0.15, 0.2) is 0 Å². The van der Waals surface area contributed by atoms with Crippen LogP contribution in [-0.2, 0) is 0 Å². The Balaban J connectivity index is 0.716. The van der Waals surface area contributed by atoms with Gasteiger partial charge >= 0.3 is 0 Å². The van der Waals surface area contributed by atoms with Gasteiger partial charge in [-0.05, 0) is 223 Å². The van der Waals surface area contributed by atoms with Crippen molar-refractivity contribution in [3.8, 4) is 55.6 Å². The van der Waals surface area contributed by atoms with Crippen LogP contribution in [0.1, 0.15) is 0 Å². The van der Waals surface area contributed by atoms with Crippen LogP contribution in [0.4, 0.5) is 0 Å². The summed E-state index contributed by atoms with van der Waals surface area (Å²) >= 11 is 3.81. The average Bonchev–Trinajstić information content (AvgIpc) is 0.900. The summed E-state index contributed by atoms with van der Waals surface area (Å²) in [5.41, 5.74) is 12.4. The molecule has 0 radical (unpaired) electrons. The predicted octanol–water partition coefficient (Wildman–Crippen LogP) is 27.4. The van der Waals surface area contributed by atoms with Crippen molar-refractivity contribution in [1.82, 2.24) is 0 Å². The fraction of sp³-hybridized carbons (Fsp3) is 0. The summed E-state index contributed by atoms with van der Waals surface area (Å²) in [6.45, 7) is 0. The van der Waals surface area contributed by atoms with E-state index in [1.54, 1.807) is 0 Å². The highest BCUT2D eigenvalue weighted by molar-refractivity contribution is 7.27. The molecule has 0 saturated heterocycles. The number of rotatable bonds is 5. The van der Waals surface area contributed by atoms with E-state index in [-0.39, 0.29) is 0 Å². The van der Waals surface area contributed by atoms with Gasteiger partial charge in [0.2, 0.25) is 0 Å². The topological polar surface area (TPSA) is 0 Å². The molecule has 21 rings (SSSR count). The summed E-state index contributed by atoms with van der Waals surface area (Å²) in [6.07, 6.45) is 0. The Labute approximate surface area is 548 Å². The molecule has 21 aromatic rings. The Kier molecular flexibility index (Phi) is 11.1. The van der Waals surface area contributed by atoms with Gasteiger partial charge in [0, 0.05) is 40.3 Å². The van der Waals surface area contributed by atoms with Crippen LogP contribution in [0, 0.1) is 0 Å². The van der Waals surface area contributed by atoms with Crippen molar-refractivity contribution in [2.45, 2.75) is 0 Å². The van der Waals surface area contributed by atoms with Gasteiger partial charge < -0.3 is 0 Å². The molecule has 0 amide bonds. The first-order valence-corrected chi connectivity index (χ1v) is 34.2. The molecule has 2 heterocycles. The van der Waals surface area contributed by atoms with Gasteiger partial charge in [0.05, 0.1) is 0 Å². The van der Waals surface area contributed by atoms with Gasteiger partial charge in [-0.25, -0.2) is 0 Å². The predicted molar refractivity (Wildman–Crippen MR) is 412 cm³/mol. The first kappa shape index (κ1) is 52.1. The van der Waals surface area contributed by atoms with Crippen LogP contribution in [-0.4, -0.2) is 0 Å². The van der Waals surface area contributed by atoms with E-state index in [1.807, 2.05) is 22.7 Å². The van der Waals surface area contributed by atoms with Crippen LogP contribution in [0.3, 0.4) is 0 Å². The quantitative estimate of drug-likeness (QED) is 0.119. The number of hydrogen-bond acceptors (Lipinski definition) is 2. The Morgan fingerprint density at radius 1 is 0.138 bits per heavy atom. The normalized spacial score (nSPS) is 12.3. The lowest BCUT2D eigenvalue weighted by atomic mass is 9.84.